The molecule has 0 saturated carbocycles. The van der Waals surface area contributed by atoms with Gasteiger partial charge in [-0.1, -0.05) is 13.8 Å². The van der Waals surface area contributed by atoms with Crippen LogP contribution >= 0.6 is 0 Å². The van der Waals surface area contributed by atoms with Gasteiger partial charge < -0.3 is 14.8 Å². The van der Waals surface area contributed by atoms with Crippen molar-refractivity contribution in [1.82, 2.24) is 9.97 Å². The Morgan fingerprint density at radius 3 is 2.42 bits per heavy atom. The Morgan fingerprint density at radius 2 is 1.89 bits per heavy atom. The molecule has 0 aliphatic carbocycles. The molecule has 0 unspecified atom stereocenters. The molecule has 5 nitrogen and oxygen atoms in total. The van der Waals surface area contributed by atoms with Gasteiger partial charge in [-0.05, 0) is 20.8 Å². The predicted molar refractivity (Wildman–Crippen MR) is 76.9 cm³/mol. The molecule has 0 atom stereocenters. The van der Waals surface area contributed by atoms with E-state index in [1.54, 1.807) is 6.07 Å². The lowest BCUT2D eigenvalue weighted by Gasteiger charge is -2.19. The van der Waals surface area contributed by atoms with E-state index >= 15 is 0 Å². The van der Waals surface area contributed by atoms with E-state index in [9.17, 15) is 0 Å². The highest BCUT2D eigenvalue weighted by molar-refractivity contribution is 5.38. The van der Waals surface area contributed by atoms with Gasteiger partial charge in [-0.3, -0.25) is 0 Å². The maximum atomic E-state index is 5.62. The summed E-state index contributed by atoms with van der Waals surface area (Å²) >= 11 is 0. The number of anilines is 1. The summed E-state index contributed by atoms with van der Waals surface area (Å²) in [7, 11) is 1.83. The molecule has 0 bridgehead atoms. The first-order valence-electron chi connectivity index (χ1n) is 6.65. The molecule has 0 aromatic carbocycles. The third kappa shape index (κ3) is 5.87. The van der Waals surface area contributed by atoms with E-state index in [0.29, 0.717) is 19.1 Å². The number of nitrogens with zero attached hydrogens (tertiary/aromatic N) is 2. The highest BCUT2D eigenvalue weighted by atomic mass is 16.5. The lowest BCUT2D eigenvalue weighted by Crippen LogP contribution is -2.22. The quantitative estimate of drug-likeness (QED) is 0.803. The van der Waals surface area contributed by atoms with Crippen molar-refractivity contribution in [2.45, 2.75) is 46.1 Å². The summed E-state index contributed by atoms with van der Waals surface area (Å²) in [6.45, 7) is 11.2. The van der Waals surface area contributed by atoms with Crippen molar-refractivity contribution in [1.29, 1.82) is 0 Å². The van der Waals surface area contributed by atoms with E-state index in [-0.39, 0.29) is 11.5 Å². The number of hydrogen-bond acceptors (Lipinski definition) is 5. The van der Waals surface area contributed by atoms with Gasteiger partial charge in [0.1, 0.15) is 18.2 Å². The third-order valence-electron chi connectivity index (χ3n) is 2.36. The fourth-order valence-corrected chi connectivity index (χ4v) is 1.40. The van der Waals surface area contributed by atoms with Crippen molar-refractivity contribution in [2.75, 3.05) is 25.6 Å². The molecule has 1 rings (SSSR count). The van der Waals surface area contributed by atoms with Gasteiger partial charge in [-0.2, -0.15) is 4.98 Å². The summed E-state index contributed by atoms with van der Waals surface area (Å²) in [6, 6.07) is 1.79. The first kappa shape index (κ1) is 15.7. The number of hydrogen-bond donors (Lipinski definition) is 1. The zero-order chi connectivity index (χ0) is 14.5. The number of rotatable bonds is 6. The smallest absolute Gasteiger partial charge is 0.218 e. The molecule has 0 saturated heterocycles. The molecule has 0 spiro atoms. The average molecular weight is 267 g/mol. The zero-order valence-corrected chi connectivity index (χ0v) is 12.8. The molecule has 0 aliphatic rings. The van der Waals surface area contributed by atoms with Crippen molar-refractivity contribution in [2.24, 2.45) is 0 Å². The van der Waals surface area contributed by atoms with E-state index in [0.717, 1.165) is 11.6 Å². The summed E-state index contributed by atoms with van der Waals surface area (Å²) in [6.07, 6.45) is 0. The molecular formula is C14H25N3O2. The molecule has 5 heteroatoms. The van der Waals surface area contributed by atoms with Crippen LogP contribution in [-0.2, 0) is 4.74 Å². The lowest BCUT2D eigenvalue weighted by atomic mass is 10.2. The molecule has 0 radical (unpaired) electrons. The number of aromatic nitrogens is 2. The summed E-state index contributed by atoms with van der Waals surface area (Å²) < 4.78 is 11.2. The Morgan fingerprint density at radius 1 is 1.21 bits per heavy atom. The van der Waals surface area contributed by atoms with Crippen molar-refractivity contribution in [3.05, 3.63) is 11.9 Å². The Kier molecular flexibility index (Phi) is 5.54. The Balaban J connectivity index is 2.60. The van der Waals surface area contributed by atoms with Crippen LogP contribution in [0, 0.1) is 0 Å². The van der Waals surface area contributed by atoms with Gasteiger partial charge in [0.05, 0.1) is 12.2 Å². The predicted octanol–water partition coefficient (Wildman–Crippen LogP) is 2.84. The summed E-state index contributed by atoms with van der Waals surface area (Å²) in [5.74, 6) is 2.39. The van der Waals surface area contributed by atoms with Gasteiger partial charge in [-0.25, -0.2) is 4.98 Å². The minimum absolute atomic E-state index is 0.145. The Hall–Kier alpha value is -1.36. The van der Waals surface area contributed by atoms with E-state index in [4.69, 9.17) is 9.47 Å². The van der Waals surface area contributed by atoms with Crippen LogP contribution in [0.15, 0.2) is 6.07 Å². The molecule has 0 fully saturated rings. The first-order valence-corrected chi connectivity index (χ1v) is 6.65. The van der Waals surface area contributed by atoms with E-state index in [1.807, 2.05) is 27.8 Å². The second-order valence-corrected chi connectivity index (χ2v) is 5.66. The van der Waals surface area contributed by atoms with Crippen LogP contribution in [0.5, 0.6) is 5.88 Å². The first-order chi connectivity index (χ1) is 8.81. The van der Waals surface area contributed by atoms with Crippen molar-refractivity contribution >= 4 is 5.82 Å². The van der Waals surface area contributed by atoms with Gasteiger partial charge in [0.2, 0.25) is 5.88 Å². The van der Waals surface area contributed by atoms with Crippen molar-refractivity contribution in [3.63, 3.8) is 0 Å². The maximum Gasteiger partial charge on any atom is 0.218 e. The fourth-order valence-electron chi connectivity index (χ4n) is 1.40. The second kappa shape index (κ2) is 6.70. The molecule has 0 amide bonds. The highest BCUT2D eigenvalue weighted by Gasteiger charge is 2.11. The third-order valence-corrected chi connectivity index (χ3v) is 2.36. The normalized spacial score (nSPS) is 11.7. The van der Waals surface area contributed by atoms with E-state index < -0.39 is 0 Å². The molecule has 108 valence electrons. The molecule has 1 heterocycles. The van der Waals surface area contributed by atoms with Gasteiger partial charge in [-0.15, -0.1) is 0 Å². The zero-order valence-electron chi connectivity index (χ0n) is 12.8. The second-order valence-electron chi connectivity index (χ2n) is 5.66. The van der Waals surface area contributed by atoms with E-state index in [1.165, 1.54) is 0 Å². The summed E-state index contributed by atoms with van der Waals surface area (Å²) in [4.78, 5) is 8.77. The molecule has 0 aliphatic heterocycles. The van der Waals surface area contributed by atoms with Gasteiger partial charge in [0, 0.05) is 19.0 Å². The molecule has 1 aromatic heterocycles. The molecule has 1 aromatic rings. The SMILES string of the molecule is CNc1cc(OCCOC(C)(C)C)nc(C(C)C)n1. The molecular weight excluding hydrogens is 242 g/mol. The summed E-state index contributed by atoms with van der Waals surface area (Å²) in [5.41, 5.74) is -0.145. The van der Waals surface area contributed by atoms with Gasteiger partial charge >= 0.3 is 0 Å². The van der Waals surface area contributed by atoms with Crippen LogP contribution in [0.4, 0.5) is 5.82 Å². The van der Waals surface area contributed by atoms with Crippen LogP contribution < -0.4 is 10.1 Å². The van der Waals surface area contributed by atoms with Gasteiger partial charge in [0.25, 0.3) is 0 Å². The van der Waals surface area contributed by atoms with Crippen LogP contribution in [0.2, 0.25) is 0 Å². The van der Waals surface area contributed by atoms with Crippen LogP contribution in [-0.4, -0.2) is 35.8 Å². The topological polar surface area (TPSA) is 56.3 Å². The highest BCUT2D eigenvalue weighted by Crippen LogP contribution is 2.18. The number of ether oxygens (including phenoxy) is 2. The maximum absolute atomic E-state index is 5.62. The summed E-state index contributed by atoms with van der Waals surface area (Å²) in [5, 5.41) is 3.01. The van der Waals surface area contributed by atoms with Crippen molar-refractivity contribution in [3.8, 4) is 5.88 Å². The minimum atomic E-state index is -0.145. The lowest BCUT2D eigenvalue weighted by molar-refractivity contribution is -0.0168. The van der Waals surface area contributed by atoms with Gasteiger partial charge in [0.15, 0.2) is 0 Å². The van der Waals surface area contributed by atoms with Crippen LogP contribution in [0.25, 0.3) is 0 Å². The molecule has 1 N–H and O–H groups in total. The Labute approximate surface area is 115 Å². The Bertz CT molecular complexity index is 400. The molecule has 19 heavy (non-hydrogen) atoms. The standard InChI is InChI=1S/C14H25N3O2/c1-10(2)13-16-11(15-6)9-12(17-13)18-7-8-19-14(3,4)5/h9-10H,7-8H2,1-6H3,(H,15,16,17). The van der Waals surface area contributed by atoms with Crippen molar-refractivity contribution < 1.29 is 9.47 Å². The largest absolute Gasteiger partial charge is 0.475 e. The number of nitrogens with one attached hydrogen (secondary N) is 1. The minimum Gasteiger partial charge on any atom is -0.475 e. The average Bonchev–Trinajstić information content (AvgIpc) is 2.33. The van der Waals surface area contributed by atoms with Crippen LogP contribution in [0.3, 0.4) is 0 Å². The monoisotopic (exact) mass is 267 g/mol. The van der Waals surface area contributed by atoms with E-state index in [2.05, 4.69) is 29.1 Å². The van der Waals surface area contributed by atoms with Crippen LogP contribution in [0.1, 0.15) is 46.4 Å². The fraction of sp³-hybridized carbons (Fsp3) is 0.714.